The van der Waals surface area contributed by atoms with Crippen molar-refractivity contribution in [3.63, 3.8) is 0 Å². The van der Waals surface area contributed by atoms with Gasteiger partial charge >= 0.3 is 0 Å². The maximum atomic E-state index is 12.2. The maximum Gasteiger partial charge on any atom is 0.243 e. The second kappa shape index (κ2) is 5.71. The molecule has 0 aliphatic heterocycles. The molecule has 0 aromatic carbocycles. The van der Waals surface area contributed by atoms with E-state index in [-0.39, 0.29) is 11.5 Å². The van der Waals surface area contributed by atoms with E-state index in [1.54, 1.807) is 19.3 Å². The van der Waals surface area contributed by atoms with Crippen molar-refractivity contribution in [2.24, 2.45) is 0 Å². The second-order valence-corrected chi connectivity index (χ2v) is 8.02. The van der Waals surface area contributed by atoms with E-state index < -0.39 is 16.1 Å². The van der Waals surface area contributed by atoms with Gasteiger partial charge in [-0.25, -0.2) is 13.1 Å². The van der Waals surface area contributed by atoms with Crippen LogP contribution in [0.25, 0.3) is 0 Å². The molecule has 6 nitrogen and oxygen atoms in total. The number of thiophene rings is 1. The Hall–Kier alpha value is -0.740. The Kier molecular flexibility index (Phi) is 4.41. The minimum absolute atomic E-state index is 0.136. The van der Waals surface area contributed by atoms with Crippen molar-refractivity contribution in [2.75, 3.05) is 0 Å². The molecular formula is C10H12BrN3O3S2. The van der Waals surface area contributed by atoms with Gasteiger partial charge in [0.15, 0.2) is 0 Å². The van der Waals surface area contributed by atoms with Crippen LogP contribution in [0.3, 0.4) is 0 Å². The van der Waals surface area contributed by atoms with E-state index in [9.17, 15) is 8.42 Å². The van der Waals surface area contributed by atoms with Crippen LogP contribution in [-0.4, -0.2) is 23.7 Å². The van der Waals surface area contributed by atoms with Crippen molar-refractivity contribution in [3.05, 3.63) is 32.7 Å². The van der Waals surface area contributed by atoms with Gasteiger partial charge in [0, 0.05) is 22.7 Å². The number of nitrogens with zero attached hydrogens (tertiary/aromatic N) is 1. The van der Waals surface area contributed by atoms with Crippen LogP contribution in [0.1, 0.15) is 23.4 Å². The summed E-state index contributed by atoms with van der Waals surface area (Å²) >= 11 is 4.40. The fraction of sp³-hybridized carbons (Fsp3) is 0.300. The minimum Gasteiger partial charge on any atom is -0.391 e. The first-order valence-electron chi connectivity index (χ1n) is 5.34. The quantitative estimate of drug-likeness (QED) is 0.752. The number of aliphatic hydroxyl groups is 1. The number of sulfonamides is 1. The summed E-state index contributed by atoms with van der Waals surface area (Å²) in [6, 6.07) is 1.06. The monoisotopic (exact) mass is 365 g/mol. The Labute approximate surface area is 123 Å². The highest BCUT2D eigenvalue weighted by molar-refractivity contribution is 9.11. The van der Waals surface area contributed by atoms with Gasteiger partial charge in [-0.05, 0) is 28.9 Å². The SMILES string of the molecule is CC(NS(=O)(=O)c1cc(CO)sc1Br)c1cn[nH]c1. The molecule has 2 heterocycles. The molecular weight excluding hydrogens is 354 g/mol. The zero-order chi connectivity index (χ0) is 14.0. The highest BCUT2D eigenvalue weighted by Gasteiger charge is 2.23. The van der Waals surface area contributed by atoms with Crippen molar-refractivity contribution in [1.82, 2.24) is 14.9 Å². The van der Waals surface area contributed by atoms with Gasteiger partial charge in [-0.2, -0.15) is 5.10 Å². The number of rotatable bonds is 5. The number of hydrogen-bond acceptors (Lipinski definition) is 5. The molecule has 19 heavy (non-hydrogen) atoms. The van der Waals surface area contributed by atoms with Crippen LogP contribution in [0, 0.1) is 0 Å². The van der Waals surface area contributed by atoms with E-state index in [2.05, 4.69) is 30.8 Å². The Balaban J connectivity index is 2.25. The topological polar surface area (TPSA) is 95.1 Å². The van der Waals surface area contributed by atoms with E-state index >= 15 is 0 Å². The molecule has 0 aliphatic carbocycles. The predicted octanol–water partition coefficient (Wildman–Crippen LogP) is 1.77. The van der Waals surface area contributed by atoms with Gasteiger partial charge in [0.2, 0.25) is 10.0 Å². The maximum absolute atomic E-state index is 12.2. The lowest BCUT2D eigenvalue weighted by molar-refractivity contribution is 0.285. The number of aliphatic hydroxyl groups excluding tert-OH is 1. The summed E-state index contributed by atoms with van der Waals surface area (Å²) in [6.07, 6.45) is 3.20. The van der Waals surface area contributed by atoms with E-state index in [1.165, 1.54) is 17.4 Å². The lowest BCUT2D eigenvalue weighted by Crippen LogP contribution is -2.26. The molecule has 2 aromatic heterocycles. The first-order chi connectivity index (χ1) is 8.94. The van der Waals surface area contributed by atoms with E-state index in [0.717, 1.165) is 5.56 Å². The average molecular weight is 366 g/mol. The standard InChI is InChI=1S/C10H12BrN3O3S2/c1-6(7-3-12-13-4-7)14-19(16,17)9-2-8(5-15)18-10(9)11/h2-4,6,14-15H,5H2,1H3,(H,12,13). The molecule has 3 N–H and O–H groups in total. The van der Waals surface area contributed by atoms with Crippen molar-refractivity contribution >= 4 is 37.3 Å². The van der Waals surface area contributed by atoms with Gasteiger partial charge in [-0.3, -0.25) is 5.10 Å². The molecule has 9 heteroatoms. The van der Waals surface area contributed by atoms with Gasteiger partial charge in [-0.15, -0.1) is 11.3 Å². The summed E-state index contributed by atoms with van der Waals surface area (Å²) in [5, 5.41) is 15.5. The van der Waals surface area contributed by atoms with Gasteiger partial charge in [-0.1, -0.05) is 0 Å². The van der Waals surface area contributed by atoms with Crippen molar-refractivity contribution in [1.29, 1.82) is 0 Å². The highest BCUT2D eigenvalue weighted by atomic mass is 79.9. The molecule has 0 fully saturated rings. The fourth-order valence-electron chi connectivity index (χ4n) is 1.52. The highest BCUT2D eigenvalue weighted by Crippen LogP contribution is 2.32. The number of aromatic nitrogens is 2. The number of aromatic amines is 1. The minimum atomic E-state index is -3.64. The smallest absolute Gasteiger partial charge is 0.243 e. The Bertz CT molecular complexity index is 652. The molecule has 0 saturated carbocycles. The molecule has 0 bridgehead atoms. The zero-order valence-corrected chi connectivity index (χ0v) is 13.1. The first-order valence-corrected chi connectivity index (χ1v) is 8.43. The van der Waals surface area contributed by atoms with Gasteiger partial charge < -0.3 is 5.11 Å². The van der Waals surface area contributed by atoms with E-state index in [1.807, 2.05) is 0 Å². The number of H-pyrrole nitrogens is 1. The molecule has 0 saturated heterocycles. The lowest BCUT2D eigenvalue weighted by Gasteiger charge is -2.11. The molecule has 1 unspecified atom stereocenters. The van der Waals surface area contributed by atoms with Crippen LogP contribution < -0.4 is 4.72 Å². The van der Waals surface area contributed by atoms with Crippen molar-refractivity contribution < 1.29 is 13.5 Å². The number of halogens is 1. The second-order valence-electron chi connectivity index (χ2n) is 3.88. The third-order valence-corrected chi connectivity index (χ3v) is 6.28. The summed E-state index contributed by atoms with van der Waals surface area (Å²) < 4.78 is 27.5. The van der Waals surface area contributed by atoms with Gasteiger partial charge in [0.05, 0.1) is 16.6 Å². The third-order valence-electron chi connectivity index (χ3n) is 2.50. The molecule has 1 atom stereocenters. The molecule has 104 valence electrons. The summed E-state index contributed by atoms with van der Waals surface area (Å²) in [5.74, 6) is 0. The average Bonchev–Trinajstić information content (AvgIpc) is 2.96. The molecule has 0 radical (unpaired) electrons. The van der Waals surface area contributed by atoms with Crippen LogP contribution in [0.2, 0.25) is 0 Å². The van der Waals surface area contributed by atoms with E-state index in [4.69, 9.17) is 5.11 Å². The summed E-state index contributed by atoms with van der Waals surface area (Å²) in [5.41, 5.74) is 0.748. The fourth-order valence-corrected chi connectivity index (χ4v) is 5.30. The zero-order valence-electron chi connectivity index (χ0n) is 9.92. The van der Waals surface area contributed by atoms with Crippen LogP contribution in [0.4, 0.5) is 0 Å². The lowest BCUT2D eigenvalue weighted by atomic mass is 10.2. The van der Waals surface area contributed by atoms with Crippen LogP contribution >= 0.6 is 27.3 Å². The molecule has 2 aromatic rings. The number of nitrogens with one attached hydrogen (secondary N) is 2. The van der Waals surface area contributed by atoms with Gasteiger partial charge in [0.25, 0.3) is 0 Å². The van der Waals surface area contributed by atoms with E-state index in [0.29, 0.717) is 8.66 Å². The Morgan fingerprint density at radius 2 is 2.37 bits per heavy atom. The summed E-state index contributed by atoms with van der Waals surface area (Å²) in [4.78, 5) is 0.722. The van der Waals surface area contributed by atoms with Crippen LogP contribution in [0.15, 0.2) is 27.1 Å². The molecule has 0 spiro atoms. The van der Waals surface area contributed by atoms with Gasteiger partial charge in [0.1, 0.15) is 4.90 Å². The molecule has 0 amide bonds. The summed E-state index contributed by atoms with van der Waals surface area (Å²) in [6.45, 7) is 1.55. The van der Waals surface area contributed by atoms with Crippen molar-refractivity contribution in [3.8, 4) is 0 Å². The number of hydrogen-bond donors (Lipinski definition) is 3. The van der Waals surface area contributed by atoms with Crippen LogP contribution in [0.5, 0.6) is 0 Å². The normalized spacial score (nSPS) is 13.6. The Morgan fingerprint density at radius 1 is 1.63 bits per heavy atom. The summed E-state index contributed by atoms with van der Waals surface area (Å²) in [7, 11) is -3.64. The largest absolute Gasteiger partial charge is 0.391 e. The molecule has 0 aliphatic rings. The van der Waals surface area contributed by atoms with Crippen LogP contribution in [-0.2, 0) is 16.6 Å². The Morgan fingerprint density at radius 3 is 2.89 bits per heavy atom. The molecule has 2 rings (SSSR count). The van der Waals surface area contributed by atoms with Crippen molar-refractivity contribution in [2.45, 2.75) is 24.5 Å². The third kappa shape index (κ3) is 3.23. The predicted molar refractivity (Wildman–Crippen MR) is 75.3 cm³/mol. The first kappa shape index (κ1) is 14.7.